The molecule has 7 heteroatoms. The average molecular weight is 307 g/mol. The summed E-state index contributed by atoms with van der Waals surface area (Å²) in [6, 6.07) is 5.40. The van der Waals surface area contributed by atoms with Crippen LogP contribution in [0.25, 0.3) is 10.8 Å². The maximum Gasteiger partial charge on any atom is 0.230 e. The maximum atomic E-state index is 11.8. The summed E-state index contributed by atoms with van der Waals surface area (Å²) < 4.78 is 0. The first kappa shape index (κ1) is 13.1. The van der Waals surface area contributed by atoms with Gasteiger partial charge in [-0.3, -0.25) is 4.79 Å². The van der Waals surface area contributed by atoms with Crippen LogP contribution in [0.5, 0.6) is 0 Å². The van der Waals surface area contributed by atoms with Gasteiger partial charge in [0.15, 0.2) is 0 Å². The zero-order valence-electron chi connectivity index (χ0n) is 10.1. The van der Waals surface area contributed by atoms with Crippen LogP contribution < -0.4 is 5.32 Å². The molecule has 1 saturated carbocycles. The van der Waals surface area contributed by atoms with Crippen LogP contribution in [0.4, 0.5) is 5.82 Å². The van der Waals surface area contributed by atoms with Crippen LogP contribution in [0.3, 0.4) is 0 Å². The van der Waals surface area contributed by atoms with Gasteiger partial charge in [0, 0.05) is 11.6 Å². The van der Waals surface area contributed by atoms with Gasteiger partial charge < -0.3 is 5.32 Å². The number of nitriles is 1. The Labute approximate surface area is 124 Å². The molecule has 2 atom stereocenters. The van der Waals surface area contributed by atoms with E-state index in [0.29, 0.717) is 17.6 Å². The van der Waals surface area contributed by atoms with E-state index in [1.807, 2.05) is 0 Å². The van der Waals surface area contributed by atoms with Crippen molar-refractivity contribution >= 4 is 45.7 Å². The highest BCUT2D eigenvalue weighted by molar-refractivity contribution is 6.36. The largest absolute Gasteiger partial charge is 0.310 e. The van der Waals surface area contributed by atoms with Crippen LogP contribution in [0.2, 0.25) is 10.3 Å². The lowest BCUT2D eigenvalue weighted by Gasteiger charge is -2.06. The molecule has 0 saturated heterocycles. The predicted octanol–water partition coefficient (Wildman–Crippen LogP) is 3.03. The van der Waals surface area contributed by atoms with E-state index in [9.17, 15) is 4.79 Å². The third-order valence-electron chi connectivity index (χ3n) is 3.18. The highest BCUT2D eigenvalue weighted by Gasteiger charge is 2.43. The fourth-order valence-electron chi connectivity index (χ4n) is 1.99. The van der Waals surface area contributed by atoms with Gasteiger partial charge in [0.1, 0.15) is 16.1 Å². The fourth-order valence-corrected chi connectivity index (χ4v) is 2.49. The van der Waals surface area contributed by atoms with Gasteiger partial charge in [-0.15, -0.1) is 0 Å². The van der Waals surface area contributed by atoms with E-state index < -0.39 is 0 Å². The molecule has 0 unspecified atom stereocenters. The van der Waals surface area contributed by atoms with Crippen molar-refractivity contribution in [1.29, 1.82) is 5.26 Å². The Morgan fingerprint density at radius 3 is 2.95 bits per heavy atom. The van der Waals surface area contributed by atoms with Crippen molar-refractivity contribution in [2.75, 3.05) is 5.32 Å². The standard InChI is InChI=1S/C13H8Cl2N4O/c14-10-2-6-3-11(17-5-9(6)12(15)18-10)19-13(20)8-1-7(8)4-16/h2-3,5,7-8H,1H2,(H,17,19,20)/t7-,8-/m1/s1. The second kappa shape index (κ2) is 4.89. The second-order valence-electron chi connectivity index (χ2n) is 4.59. The Balaban J connectivity index is 1.86. The van der Waals surface area contributed by atoms with Crippen molar-refractivity contribution in [2.24, 2.45) is 11.8 Å². The SMILES string of the molecule is N#C[C@H]1C[C@H]1C(=O)Nc1cc2cc(Cl)nc(Cl)c2cn1. The number of halogens is 2. The molecule has 0 radical (unpaired) electrons. The minimum atomic E-state index is -0.234. The molecular formula is C13H8Cl2N4O. The highest BCUT2D eigenvalue weighted by Crippen LogP contribution is 2.38. The van der Waals surface area contributed by atoms with Crippen molar-refractivity contribution in [3.8, 4) is 6.07 Å². The summed E-state index contributed by atoms with van der Waals surface area (Å²) in [4.78, 5) is 19.9. The summed E-state index contributed by atoms with van der Waals surface area (Å²) in [6.07, 6.45) is 2.14. The van der Waals surface area contributed by atoms with E-state index in [0.717, 1.165) is 5.39 Å². The summed E-state index contributed by atoms with van der Waals surface area (Å²) in [5.41, 5.74) is 0. The highest BCUT2D eigenvalue weighted by atomic mass is 35.5. The van der Waals surface area contributed by atoms with Crippen LogP contribution >= 0.6 is 23.2 Å². The molecule has 0 aliphatic heterocycles. The topological polar surface area (TPSA) is 78.7 Å². The molecule has 3 rings (SSSR count). The Morgan fingerprint density at radius 2 is 2.25 bits per heavy atom. The number of pyridine rings is 2. The van der Waals surface area contributed by atoms with E-state index in [1.54, 1.807) is 12.1 Å². The van der Waals surface area contributed by atoms with E-state index in [2.05, 4.69) is 21.4 Å². The van der Waals surface area contributed by atoms with Gasteiger partial charge in [-0.05, 0) is 23.9 Å². The first-order valence-corrected chi connectivity index (χ1v) is 6.66. The number of fused-ring (bicyclic) bond motifs is 1. The van der Waals surface area contributed by atoms with Gasteiger partial charge in [-0.2, -0.15) is 5.26 Å². The molecule has 0 bridgehead atoms. The summed E-state index contributed by atoms with van der Waals surface area (Å²) in [7, 11) is 0. The first-order valence-electron chi connectivity index (χ1n) is 5.91. The van der Waals surface area contributed by atoms with Gasteiger partial charge in [-0.25, -0.2) is 9.97 Å². The Morgan fingerprint density at radius 1 is 1.45 bits per heavy atom. The summed E-state index contributed by atoms with van der Waals surface area (Å²) >= 11 is 11.8. The molecule has 1 aliphatic rings. The van der Waals surface area contributed by atoms with Crippen LogP contribution in [0, 0.1) is 23.2 Å². The zero-order chi connectivity index (χ0) is 14.3. The van der Waals surface area contributed by atoms with E-state index >= 15 is 0 Å². The monoisotopic (exact) mass is 306 g/mol. The number of carbonyl (C=O) groups is 1. The van der Waals surface area contributed by atoms with Gasteiger partial charge in [-0.1, -0.05) is 23.2 Å². The zero-order valence-corrected chi connectivity index (χ0v) is 11.6. The number of nitrogens with one attached hydrogen (secondary N) is 1. The molecule has 2 aromatic heterocycles. The van der Waals surface area contributed by atoms with Crippen molar-refractivity contribution < 1.29 is 4.79 Å². The van der Waals surface area contributed by atoms with E-state index in [1.165, 1.54) is 6.20 Å². The van der Waals surface area contributed by atoms with E-state index in [4.69, 9.17) is 28.5 Å². The third-order valence-corrected chi connectivity index (χ3v) is 3.66. The normalized spacial score (nSPS) is 20.4. The molecule has 20 heavy (non-hydrogen) atoms. The lowest BCUT2D eigenvalue weighted by molar-refractivity contribution is -0.117. The average Bonchev–Trinajstić information content (AvgIpc) is 3.17. The van der Waals surface area contributed by atoms with Crippen molar-refractivity contribution in [1.82, 2.24) is 9.97 Å². The molecule has 100 valence electrons. The van der Waals surface area contributed by atoms with Gasteiger partial charge >= 0.3 is 0 Å². The number of aromatic nitrogens is 2. The Bertz CT molecular complexity index is 756. The lowest BCUT2D eigenvalue weighted by Crippen LogP contribution is -2.15. The molecule has 0 aromatic carbocycles. The Hall–Kier alpha value is -1.90. The number of hydrogen-bond acceptors (Lipinski definition) is 4. The molecule has 1 N–H and O–H groups in total. The number of hydrogen-bond donors (Lipinski definition) is 1. The number of nitrogens with zero attached hydrogens (tertiary/aromatic N) is 3. The fraction of sp³-hybridized carbons (Fsp3) is 0.231. The maximum absolute atomic E-state index is 11.8. The molecule has 1 fully saturated rings. The van der Waals surface area contributed by atoms with Crippen molar-refractivity contribution in [2.45, 2.75) is 6.42 Å². The van der Waals surface area contributed by atoms with Gasteiger partial charge in [0.25, 0.3) is 0 Å². The summed E-state index contributed by atoms with van der Waals surface area (Å²) in [6.45, 7) is 0. The van der Waals surface area contributed by atoms with Crippen LogP contribution in [-0.2, 0) is 4.79 Å². The number of anilines is 1. The quantitative estimate of drug-likeness (QED) is 0.865. The molecule has 2 heterocycles. The van der Waals surface area contributed by atoms with Crippen LogP contribution in [-0.4, -0.2) is 15.9 Å². The van der Waals surface area contributed by atoms with Crippen molar-refractivity contribution in [3.63, 3.8) is 0 Å². The third kappa shape index (κ3) is 2.40. The number of amides is 1. The lowest BCUT2D eigenvalue weighted by atomic mass is 10.2. The number of rotatable bonds is 2. The molecule has 5 nitrogen and oxygen atoms in total. The smallest absolute Gasteiger partial charge is 0.230 e. The molecule has 2 aromatic rings. The molecule has 1 amide bonds. The number of carbonyl (C=O) groups excluding carboxylic acids is 1. The summed E-state index contributed by atoms with van der Waals surface area (Å²) in [5, 5.41) is 13.4. The van der Waals surface area contributed by atoms with Gasteiger partial charge in [0.05, 0.1) is 17.9 Å². The van der Waals surface area contributed by atoms with Crippen LogP contribution in [0.15, 0.2) is 18.3 Å². The first-order chi connectivity index (χ1) is 9.58. The van der Waals surface area contributed by atoms with E-state index in [-0.39, 0.29) is 28.0 Å². The predicted molar refractivity (Wildman–Crippen MR) is 75.4 cm³/mol. The molecular weight excluding hydrogens is 299 g/mol. The molecule has 1 aliphatic carbocycles. The second-order valence-corrected chi connectivity index (χ2v) is 5.34. The molecule has 0 spiro atoms. The minimum absolute atomic E-state index is 0.177. The van der Waals surface area contributed by atoms with Crippen molar-refractivity contribution in [3.05, 3.63) is 28.6 Å². The minimum Gasteiger partial charge on any atom is -0.310 e. The van der Waals surface area contributed by atoms with Gasteiger partial charge in [0.2, 0.25) is 5.91 Å². The Kier molecular flexibility index (Phi) is 3.20. The summed E-state index contributed by atoms with van der Waals surface area (Å²) in [5.74, 6) is -0.190. The van der Waals surface area contributed by atoms with Crippen LogP contribution in [0.1, 0.15) is 6.42 Å².